The molecule has 2 heteroatoms. The zero-order valence-electron chi connectivity index (χ0n) is 9.40. The minimum Gasteiger partial charge on any atom is -0.319 e. The number of unbranched alkanes of at least 4 members (excludes halogenated alkanes) is 1. The first-order chi connectivity index (χ1) is 6.20. The summed E-state index contributed by atoms with van der Waals surface area (Å²) in [6, 6.07) is 0. The number of rotatable bonds is 5. The van der Waals surface area contributed by atoms with Crippen LogP contribution in [-0.4, -0.2) is 38.1 Å². The SMILES string of the molecule is CCCCN1CCC(C)(CNC)C1. The quantitative estimate of drug-likeness (QED) is 0.700. The van der Waals surface area contributed by atoms with Crippen molar-refractivity contribution in [3.05, 3.63) is 0 Å². The van der Waals surface area contributed by atoms with Crippen molar-refractivity contribution in [1.29, 1.82) is 0 Å². The maximum absolute atomic E-state index is 3.30. The first kappa shape index (κ1) is 11.0. The molecule has 1 heterocycles. The largest absolute Gasteiger partial charge is 0.319 e. The lowest BCUT2D eigenvalue weighted by molar-refractivity contribution is 0.268. The van der Waals surface area contributed by atoms with Gasteiger partial charge >= 0.3 is 0 Å². The molecule has 1 N–H and O–H groups in total. The van der Waals surface area contributed by atoms with Crippen molar-refractivity contribution in [2.45, 2.75) is 33.1 Å². The van der Waals surface area contributed by atoms with Crippen LogP contribution >= 0.6 is 0 Å². The van der Waals surface area contributed by atoms with E-state index >= 15 is 0 Å². The van der Waals surface area contributed by atoms with Gasteiger partial charge in [0.15, 0.2) is 0 Å². The highest BCUT2D eigenvalue weighted by molar-refractivity contribution is 4.87. The highest BCUT2D eigenvalue weighted by Gasteiger charge is 2.32. The minimum atomic E-state index is 0.530. The Labute approximate surface area is 82.7 Å². The Morgan fingerprint density at radius 1 is 1.46 bits per heavy atom. The van der Waals surface area contributed by atoms with Gasteiger partial charge in [-0.25, -0.2) is 0 Å². The van der Waals surface area contributed by atoms with Crippen molar-refractivity contribution in [3.63, 3.8) is 0 Å². The van der Waals surface area contributed by atoms with E-state index in [1.165, 1.54) is 38.9 Å². The van der Waals surface area contributed by atoms with E-state index in [2.05, 4.69) is 31.1 Å². The molecular formula is C11H24N2. The van der Waals surface area contributed by atoms with Crippen molar-refractivity contribution >= 4 is 0 Å². The molecule has 0 aromatic rings. The molecule has 2 nitrogen and oxygen atoms in total. The normalized spacial score (nSPS) is 29.8. The maximum atomic E-state index is 3.30. The summed E-state index contributed by atoms with van der Waals surface area (Å²) in [5.74, 6) is 0. The molecule has 0 radical (unpaired) electrons. The highest BCUT2D eigenvalue weighted by atomic mass is 15.2. The second-order valence-corrected chi connectivity index (χ2v) is 4.72. The number of likely N-dealkylation sites (tertiary alicyclic amines) is 1. The Hall–Kier alpha value is -0.0800. The lowest BCUT2D eigenvalue weighted by Crippen LogP contribution is -2.33. The predicted molar refractivity (Wildman–Crippen MR) is 58.0 cm³/mol. The molecule has 1 aliphatic heterocycles. The Balaban J connectivity index is 2.26. The van der Waals surface area contributed by atoms with Crippen molar-refractivity contribution in [2.75, 3.05) is 33.2 Å². The summed E-state index contributed by atoms with van der Waals surface area (Å²) < 4.78 is 0. The zero-order valence-corrected chi connectivity index (χ0v) is 9.40. The fourth-order valence-corrected chi connectivity index (χ4v) is 2.27. The van der Waals surface area contributed by atoms with Gasteiger partial charge in [-0.15, -0.1) is 0 Å². The number of hydrogen-bond donors (Lipinski definition) is 1. The summed E-state index contributed by atoms with van der Waals surface area (Å²) in [4.78, 5) is 2.61. The van der Waals surface area contributed by atoms with Crippen molar-refractivity contribution in [2.24, 2.45) is 5.41 Å². The van der Waals surface area contributed by atoms with Crippen LogP contribution in [0.15, 0.2) is 0 Å². The average molecular weight is 184 g/mol. The fraction of sp³-hybridized carbons (Fsp3) is 1.00. The smallest absolute Gasteiger partial charge is 0.00480 e. The highest BCUT2D eigenvalue weighted by Crippen LogP contribution is 2.28. The Bertz CT molecular complexity index is 147. The van der Waals surface area contributed by atoms with E-state index in [1.54, 1.807) is 0 Å². The number of nitrogens with one attached hydrogen (secondary N) is 1. The molecular weight excluding hydrogens is 160 g/mol. The van der Waals surface area contributed by atoms with Crippen LogP contribution < -0.4 is 5.32 Å². The number of hydrogen-bond acceptors (Lipinski definition) is 2. The van der Waals surface area contributed by atoms with Crippen LogP contribution in [0.1, 0.15) is 33.1 Å². The van der Waals surface area contributed by atoms with Gasteiger partial charge in [0.05, 0.1) is 0 Å². The molecule has 0 saturated carbocycles. The second-order valence-electron chi connectivity index (χ2n) is 4.72. The predicted octanol–water partition coefficient (Wildman–Crippen LogP) is 1.72. The molecule has 0 bridgehead atoms. The van der Waals surface area contributed by atoms with E-state index in [0.717, 1.165) is 6.54 Å². The molecule has 1 atom stereocenters. The van der Waals surface area contributed by atoms with Gasteiger partial charge < -0.3 is 10.2 Å². The molecule has 13 heavy (non-hydrogen) atoms. The minimum absolute atomic E-state index is 0.530. The molecule has 0 aliphatic carbocycles. The van der Waals surface area contributed by atoms with Crippen LogP contribution in [0, 0.1) is 5.41 Å². The number of nitrogens with zero attached hydrogens (tertiary/aromatic N) is 1. The third kappa shape index (κ3) is 3.28. The van der Waals surface area contributed by atoms with Gasteiger partial charge in [0.2, 0.25) is 0 Å². The molecule has 0 amide bonds. The van der Waals surface area contributed by atoms with E-state index < -0.39 is 0 Å². The van der Waals surface area contributed by atoms with Crippen molar-refractivity contribution < 1.29 is 0 Å². The molecule has 1 saturated heterocycles. The summed E-state index contributed by atoms with van der Waals surface area (Å²) in [5, 5.41) is 3.30. The van der Waals surface area contributed by atoms with E-state index in [4.69, 9.17) is 0 Å². The Morgan fingerprint density at radius 3 is 2.85 bits per heavy atom. The van der Waals surface area contributed by atoms with Crippen LogP contribution in [0.5, 0.6) is 0 Å². The third-order valence-electron chi connectivity index (χ3n) is 3.07. The van der Waals surface area contributed by atoms with Gasteiger partial charge in [0.1, 0.15) is 0 Å². The fourth-order valence-electron chi connectivity index (χ4n) is 2.27. The van der Waals surface area contributed by atoms with Gasteiger partial charge in [-0.2, -0.15) is 0 Å². The summed E-state index contributed by atoms with van der Waals surface area (Å²) in [6.07, 6.45) is 4.03. The molecule has 1 unspecified atom stereocenters. The molecule has 0 aromatic heterocycles. The monoisotopic (exact) mass is 184 g/mol. The topological polar surface area (TPSA) is 15.3 Å². The Kier molecular flexibility index (Phi) is 4.20. The van der Waals surface area contributed by atoms with Crippen LogP contribution in [0.25, 0.3) is 0 Å². The second kappa shape index (κ2) is 4.97. The Morgan fingerprint density at radius 2 is 2.23 bits per heavy atom. The van der Waals surface area contributed by atoms with Gasteiger partial charge in [0.25, 0.3) is 0 Å². The standard InChI is InChI=1S/C11H24N2/c1-4-5-7-13-8-6-11(2,10-13)9-12-3/h12H,4-10H2,1-3H3. The maximum Gasteiger partial charge on any atom is 0.00480 e. The zero-order chi connectivity index (χ0) is 9.73. The molecule has 1 rings (SSSR count). The van der Waals surface area contributed by atoms with Gasteiger partial charge in [-0.3, -0.25) is 0 Å². The van der Waals surface area contributed by atoms with E-state index in [0.29, 0.717) is 5.41 Å². The van der Waals surface area contributed by atoms with Crippen molar-refractivity contribution in [3.8, 4) is 0 Å². The lowest BCUT2D eigenvalue weighted by atomic mass is 9.90. The van der Waals surface area contributed by atoms with Gasteiger partial charge in [-0.1, -0.05) is 20.3 Å². The van der Waals surface area contributed by atoms with E-state index in [1.807, 2.05) is 0 Å². The molecule has 1 fully saturated rings. The van der Waals surface area contributed by atoms with Crippen LogP contribution in [0.3, 0.4) is 0 Å². The third-order valence-corrected chi connectivity index (χ3v) is 3.07. The van der Waals surface area contributed by atoms with Crippen molar-refractivity contribution in [1.82, 2.24) is 10.2 Å². The first-order valence-corrected chi connectivity index (χ1v) is 5.57. The summed E-state index contributed by atoms with van der Waals surface area (Å²) in [7, 11) is 2.06. The summed E-state index contributed by atoms with van der Waals surface area (Å²) in [5.41, 5.74) is 0.530. The van der Waals surface area contributed by atoms with Crippen LogP contribution in [0.4, 0.5) is 0 Å². The average Bonchev–Trinajstić information content (AvgIpc) is 2.45. The van der Waals surface area contributed by atoms with E-state index in [9.17, 15) is 0 Å². The molecule has 1 aliphatic rings. The van der Waals surface area contributed by atoms with Gasteiger partial charge in [0, 0.05) is 13.1 Å². The molecule has 0 spiro atoms. The molecule has 0 aromatic carbocycles. The van der Waals surface area contributed by atoms with Crippen LogP contribution in [0.2, 0.25) is 0 Å². The summed E-state index contributed by atoms with van der Waals surface area (Å²) in [6.45, 7) is 9.72. The van der Waals surface area contributed by atoms with Crippen LogP contribution in [-0.2, 0) is 0 Å². The summed E-state index contributed by atoms with van der Waals surface area (Å²) >= 11 is 0. The molecule has 78 valence electrons. The lowest BCUT2D eigenvalue weighted by Gasteiger charge is -2.24. The van der Waals surface area contributed by atoms with Gasteiger partial charge in [-0.05, 0) is 38.4 Å². The van der Waals surface area contributed by atoms with E-state index in [-0.39, 0.29) is 0 Å². The first-order valence-electron chi connectivity index (χ1n) is 5.57.